The van der Waals surface area contributed by atoms with Gasteiger partial charge in [0.1, 0.15) is 5.82 Å². The number of nitrogens with one attached hydrogen (secondary N) is 1. The topological polar surface area (TPSA) is 107 Å². The zero-order valence-electron chi connectivity index (χ0n) is 13.1. The van der Waals surface area contributed by atoms with Crippen LogP contribution in [0.15, 0.2) is 42.7 Å². The standard InChI is InChI=1S/C16H14N6O2/c1-10-5-6-13(22(23)24)8-14(10)20-16-19-11(2)18-15(21-16)12-4-3-7-17-9-12/h3-9H,1-2H3,(H,18,19,20,21). The maximum absolute atomic E-state index is 10.9. The second kappa shape index (κ2) is 6.37. The summed E-state index contributed by atoms with van der Waals surface area (Å²) in [5, 5.41) is 14.0. The van der Waals surface area contributed by atoms with E-state index in [0.717, 1.165) is 11.1 Å². The van der Waals surface area contributed by atoms with Gasteiger partial charge in [-0.3, -0.25) is 15.1 Å². The number of anilines is 2. The van der Waals surface area contributed by atoms with E-state index >= 15 is 0 Å². The zero-order chi connectivity index (χ0) is 17.1. The fourth-order valence-electron chi connectivity index (χ4n) is 2.14. The van der Waals surface area contributed by atoms with E-state index in [1.807, 2.05) is 13.0 Å². The highest BCUT2D eigenvalue weighted by Gasteiger charge is 2.11. The minimum atomic E-state index is -0.440. The van der Waals surface area contributed by atoms with Crippen LogP contribution in [0.4, 0.5) is 17.3 Å². The van der Waals surface area contributed by atoms with Gasteiger partial charge in [-0.2, -0.15) is 9.97 Å². The summed E-state index contributed by atoms with van der Waals surface area (Å²) in [6.45, 7) is 3.61. The number of nitrogens with zero attached hydrogens (tertiary/aromatic N) is 5. The van der Waals surface area contributed by atoms with E-state index in [1.54, 1.807) is 31.5 Å². The molecule has 8 heteroatoms. The molecule has 1 N–H and O–H groups in total. The summed E-state index contributed by atoms with van der Waals surface area (Å²) in [5.41, 5.74) is 2.19. The molecule has 120 valence electrons. The van der Waals surface area contributed by atoms with Crippen LogP contribution in [0.2, 0.25) is 0 Å². The number of nitro groups is 1. The molecule has 0 spiro atoms. The Morgan fingerprint density at radius 3 is 2.67 bits per heavy atom. The predicted octanol–water partition coefficient (Wildman–Crippen LogP) is 3.20. The van der Waals surface area contributed by atoms with Gasteiger partial charge in [-0.15, -0.1) is 0 Å². The minimum Gasteiger partial charge on any atom is -0.324 e. The van der Waals surface area contributed by atoms with Crippen LogP contribution in [0, 0.1) is 24.0 Å². The smallest absolute Gasteiger partial charge is 0.271 e. The van der Waals surface area contributed by atoms with Crippen molar-refractivity contribution in [3.63, 3.8) is 0 Å². The minimum absolute atomic E-state index is 0.00126. The van der Waals surface area contributed by atoms with E-state index in [4.69, 9.17) is 0 Å². The number of nitro benzene ring substituents is 1. The lowest BCUT2D eigenvalue weighted by atomic mass is 10.2. The number of aromatic nitrogens is 4. The lowest BCUT2D eigenvalue weighted by Gasteiger charge is -2.09. The number of rotatable bonds is 4. The van der Waals surface area contributed by atoms with Crippen molar-refractivity contribution in [1.82, 2.24) is 19.9 Å². The molecular weight excluding hydrogens is 308 g/mol. The molecular formula is C16H14N6O2. The van der Waals surface area contributed by atoms with E-state index in [0.29, 0.717) is 23.3 Å². The van der Waals surface area contributed by atoms with E-state index in [-0.39, 0.29) is 5.69 Å². The van der Waals surface area contributed by atoms with Gasteiger partial charge in [-0.1, -0.05) is 6.07 Å². The molecule has 0 aliphatic carbocycles. The molecule has 0 fully saturated rings. The van der Waals surface area contributed by atoms with Crippen molar-refractivity contribution in [2.45, 2.75) is 13.8 Å². The Bertz CT molecular complexity index is 898. The fraction of sp³-hybridized carbons (Fsp3) is 0.125. The summed E-state index contributed by atoms with van der Waals surface area (Å²) in [5.74, 6) is 1.35. The van der Waals surface area contributed by atoms with Gasteiger partial charge in [0, 0.05) is 30.1 Å². The molecule has 8 nitrogen and oxygen atoms in total. The quantitative estimate of drug-likeness (QED) is 0.580. The van der Waals surface area contributed by atoms with Crippen LogP contribution in [0.3, 0.4) is 0 Å². The Kier molecular flexibility index (Phi) is 4.11. The summed E-state index contributed by atoms with van der Waals surface area (Å²) >= 11 is 0. The number of hydrogen-bond donors (Lipinski definition) is 1. The van der Waals surface area contributed by atoms with Gasteiger partial charge in [0.05, 0.1) is 10.6 Å². The molecule has 1 aromatic carbocycles. The maximum Gasteiger partial charge on any atom is 0.271 e. The third-order valence-electron chi connectivity index (χ3n) is 3.35. The molecule has 0 bridgehead atoms. The van der Waals surface area contributed by atoms with Crippen molar-refractivity contribution in [2.24, 2.45) is 0 Å². The molecule has 0 saturated heterocycles. The first-order chi connectivity index (χ1) is 11.5. The Morgan fingerprint density at radius 1 is 1.12 bits per heavy atom. The predicted molar refractivity (Wildman–Crippen MR) is 88.9 cm³/mol. The molecule has 0 atom stereocenters. The van der Waals surface area contributed by atoms with Crippen molar-refractivity contribution in [3.05, 3.63) is 64.2 Å². The van der Waals surface area contributed by atoms with Crippen LogP contribution >= 0.6 is 0 Å². The third-order valence-corrected chi connectivity index (χ3v) is 3.35. The van der Waals surface area contributed by atoms with Crippen LogP contribution in [0.5, 0.6) is 0 Å². The lowest BCUT2D eigenvalue weighted by Crippen LogP contribution is -2.04. The summed E-state index contributed by atoms with van der Waals surface area (Å²) in [4.78, 5) is 27.5. The Labute approximate surface area is 137 Å². The lowest BCUT2D eigenvalue weighted by molar-refractivity contribution is -0.384. The van der Waals surface area contributed by atoms with Gasteiger partial charge in [0.2, 0.25) is 5.95 Å². The summed E-state index contributed by atoms with van der Waals surface area (Å²) in [7, 11) is 0. The molecule has 24 heavy (non-hydrogen) atoms. The van der Waals surface area contributed by atoms with Crippen LogP contribution in [-0.2, 0) is 0 Å². The van der Waals surface area contributed by atoms with E-state index < -0.39 is 4.92 Å². The first-order valence-electron chi connectivity index (χ1n) is 7.18. The van der Waals surface area contributed by atoms with Crippen molar-refractivity contribution < 1.29 is 4.92 Å². The van der Waals surface area contributed by atoms with Crippen LogP contribution in [-0.4, -0.2) is 24.9 Å². The van der Waals surface area contributed by atoms with E-state index in [9.17, 15) is 10.1 Å². The Hall–Kier alpha value is -3.42. The van der Waals surface area contributed by atoms with Gasteiger partial charge in [-0.05, 0) is 31.5 Å². The van der Waals surface area contributed by atoms with Gasteiger partial charge >= 0.3 is 0 Å². The molecule has 3 aromatic rings. The highest BCUT2D eigenvalue weighted by molar-refractivity contribution is 5.63. The molecule has 0 aliphatic rings. The number of aryl methyl sites for hydroxylation is 2. The maximum atomic E-state index is 10.9. The molecule has 0 unspecified atom stereocenters. The molecule has 2 aromatic heterocycles. The zero-order valence-corrected chi connectivity index (χ0v) is 13.1. The molecule has 0 amide bonds. The van der Waals surface area contributed by atoms with Gasteiger partial charge < -0.3 is 5.32 Å². The normalized spacial score (nSPS) is 10.4. The first-order valence-corrected chi connectivity index (χ1v) is 7.18. The number of benzene rings is 1. The Balaban J connectivity index is 1.98. The monoisotopic (exact) mass is 322 g/mol. The van der Waals surface area contributed by atoms with Crippen molar-refractivity contribution in [2.75, 3.05) is 5.32 Å². The average Bonchev–Trinajstić information content (AvgIpc) is 2.57. The molecule has 0 aliphatic heterocycles. The highest BCUT2D eigenvalue weighted by atomic mass is 16.6. The largest absolute Gasteiger partial charge is 0.324 e. The summed E-state index contributed by atoms with van der Waals surface area (Å²) < 4.78 is 0. The SMILES string of the molecule is Cc1nc(Nc2cc([N+](=O)[O-])ccc2C)nc(-c2cccnc2)n1. The average molecular weight is 322 g/mol. The number of hydrogen-bond acceptors (Lipinski definition) is 7. The van der Waals surface area contributed by atoms with E-state index in [2.05, 4.69) is 25.3 Å². The molecule has 3 rings (SSSR count). The third kappa shape index (κ3) is 3.32. The number of pyridine rings is 1. The van der Waals surface area contributed by atoms with Gasteiger partial charge in [0.25, 0.3) is 5.69 Å². The van der Waals surface area contributed by atoms with Crippen molar-refractivity contribution in [3.8, 4) is 11.4 Å². The van der Waals surface area contributed by atoms with Gasteiger partial charge in [0.15, 0.2) is 5.82 Å². The van der Waals surface area contributed by atoms with Gasteiger partial charge in [-0.25, -0.2) is 4.98 Å². The van der Waals surface area contributed by atoms with Crippen LogP contribution < -0.4 is 5.32 Å². The molecule has 2 heterocycles. The summed E-state index contributed by atoms with van der Waals surface area (Å²) in [6, 6.07) is 8.24. The summed E-state index contributed by atoms with van der Waals surface area (Å²) in [6.07, 6.45) is 3.33. The van der Waals surface area contributed by atoms with Crippen molar-refractivity contribution in [1.29, 1.82) is 0 Å². The number of non-ortho nitro benzene ring substituents is 1. The molecule has 0 radical (unpaired) electrons. The highest BCUT2D eigenvalue weighted by Crippen LogP contribution is 2.24. The second-order valence-corrected chi connectivity index (χ2v) is 5.15. The second-order valence-electron chi connectivity index (χ2n) is 5.15. The fourth-order valence-corrected chi connectivity index (χ4v) is 2.14. The van der Waals surface area contributed by atoms with Crippen molar-refractivity contribution >= 4 is 17.3 Å². The van der Waals surface area contributed by atoms with Crippen LogP contribution in [0.1, 0.15) is 11.4 Å². The molecule has 0 saturated carbocycles. The Morgan fingerprint density at radius 2 is 1.96 bits per heavy atom. The van der Waals surface area contributed by atoms with Crippen LogP contribution in [0.25, 0.3) is 11.4 Å². The first kappa shape index (κ1) is 15.5. The van der Waals surface area contributed by atoms with E-state index in [1.165, 1.54) is 12.1 Å².